The van der Waals surface area contributed by atoms with Crippen molar-refractivity contribution in [3.63, 3.8) is 0 Å². The Balaban J connectivity index is 1.80. The molecule has 1 aliphatic heterocycles. The highest BCUT2D eigenvalue weighted by atomic mass is 19.1. The van der Waals surface area contributed by atoms with Gasteiger partial charge in [0, 0.05) is 25.6 Å². The maximum absolute atomic E-state index is 12.8. The Bertz CT molecular complexity index is 444. The monoisotopic (exact) mass is 267 g/mol. The van der Waals surface area contributed by atoms with Crippen LogP contribution in [0.4, 0.5) is 4.39 Å². The smallest absolute Gasteiger partial charge is 0.166 e. The molecule has 1 aromatic carbocycles. The summed E-state index contributed by atoms with van der Waals surface area (Å²) in [5.74, 6) is -0.968. The van der Waals surface area contributed by atoms with Crippen molar-refractivity contribution >= 4 is 5.78 Å². The molecule has 1 fully saturated rings. The number of hydrogen-bond acceptors (Lipinski definition) is 4. The van der Waals surface area contributed by atoms with E-state index in [9.17, 15) is 14.3 Å². The molecule has 1 saturated heterocycles. The summed E-state index contributed by atoms with van der Waals surface area (Å²) in [6.45, 7) is 4.13. The molecule has 104 valence electrons. The molecule has 0 unspecified atom stereocenters. The summed E-state index contributed by atoms with van der Waals surface area (Å²) in [5.41, 5.74) is 0.198. The van der Waals surface area contributed by atoms with Gasteiger partial charge in [0.25, 0.3) is 0 Å². The van der Waals surface area contributed by atoms with Crippen LogP contribution in [-0.4, -0.2) is 48.6 Å². The topological polar surface area (TPSA) is 49.8 Å². The van der Waals surface area contributed by atoms with Crippen LogP contribution in [0, 0.1) is 5.82 Å². The molecule has 0 radical (unpaired) electrons. The third-order valence-electron chi connectivity index (χ3n) is 3.24. The fraction of sp³-hybridized carbons (Fsp3) is 0.500. The third-order valence-corrected chi connectivity index (χ3v) is 3.24. The van der Waals surface area contributed by atoms with E-state index in [2.05, 4.69) is 4.90 Å². The Hall–Kier alpha value is -1.46. The number of carbonyl (C=O) groups is 1. The molecule has 0 amide bonds. The molecular weight excluding hydrogens is 249 g/mol. The Morgan fingerprint density at radius 1 is 1.37 bits per heavy atom. The van der Waals surface area contributed by atoms with Crippen molar-refractivity contribution in [2.75, 3.05) is 32.8 Å². The predicted octanol–water partition coefficient (Wildman–Crippen LogP) is 1.83. The molecule has 5 heteroatoms. The van der Waals surface area contributed by atoms with Crippen LogP contribution < -0.4 is 0 Å². The molecule has 19 heavy (non-hydrogen) atoms. The highest BCUT2D eigenvalue weighted by Gasteiger charge is 2.14. The molecule has 1 N–H and O–H groups in total. The molecular formula is C14H18FNO3. The molecule has 2 rings (SSSR count). The first-order valence-electron chi connectivity index (χ1n) is 6.48. The van der Waals surface area contributed by atoms with Crippen molar-refractivity contribution in [3.8, 4) is 5.75 Å². The van der Waals surface area contributed by atoms with Gasteiger partial charge < -0.3 is 9.84 Å². The van der Waals surface area contributed by atoms with E-state index in [1.54, 1.807) is 0 Å². The number of carbonyl (C=O) groups excluding carboxylic acids is 1. The van der Waals surface area contributed by atoms with Crippen molar-refractivity contribution in [3.05, 3.63) is 29.6 Å². The number of morpholine rings is 1. The fourth-order valence-electron chi connectivity index (χ4n) is 2.16. The summed E-state index contributed by atoms with van der Waals surface area (Å²) in [5, 5.41) is 9.52. The molecule has 1 aliphatic rings. The number of nitrogens with zero attached hydrogens (tertiary/aromatic N) is 1. The lowest BCUT2D eigenvalue weighted by Crippen LogP contribution is -2.36. The highest BCUT2D eigenvalue weighted by Crippen LogP contribution is 2.20. The molecule has 0 saturated carbocycles. The van der Waals surface area contributed by atoms with Gasteiger partial charge in [-0.15, -0.1) is 0 Å². The van der Waals surface area contributed by atoms with Gasteiger partial charge in [0.1, 0.15) is 11.6 Å². The van der Waals surface area contributed by atoms with Crippen LogP contribution >= 0.6 is 0 Å². The van der Waals surface area contributed by atoms with Gasteiger partial charge in [0.05, 0.1) is 18.8 Å². The first kappa shape index (κ1) is 14.0. The van der Waals surface area contributed by atoms with Gasteiger partial charge >= 0.3 is 0 Å². The molecule has 0 bridgehead atoms. The average Bonchev–Trinajstić information content (AvgIpc) is 2.39. The predicted molar refractivity (Wildman–Crippen MR) is 68.9 cm³/mol. The van der Waals surface area contributed by atoms with E-state index in [1.165, 1.54) is 12.1 Å². The molecule has 4 nitrogen and oxygen atoms in total. The zero-order valence-electron chi connectivity index (χ0n) is 10.8. The zero-order valence-corrected chi connectivity index (χ0v) is 10.8. The molecule has 0 aromatic heterocycles. The van der Waals surface area contributed by atoms with Crippen LogP contribution in [0.2, 0.25) is 0 Å². The van der Waals surface area contributed by atoms with Gasteiger partial charge in [-0.25, -0.2) is 4.39 Å². The maximum Gasteiger partial charge on any atom is 0.166 e. The minimum atomic E-state index is -0.539. The summed E-state index contributed by atoms with van der Waals surface area (Å²) < 4.78 is 18.1. The minimum Gasteiger partial charge on any atom is -0.507 e. The number of ketones is 1. The molecule has 0 spiro atoms. The average molecular weight is 267 g/mol. The summed E-state index contributed by atoms with van der Waals surface area (Å²) >= 11 is 0. The number of phenolic OH excluding ortho intramolecular Hbond substituents is 1. The molecule has 0 atom stereocenters. The van der Waals surface area contributed by atoms with E-state index < -0.39 is 5.82 Å². The lowest BCUT2D eigenvalue weighted by Gasteiger charge is -2.26. The van der Waals surface area contributed by atoms with E-state index in [0.717, 1.165) is 45.3 Å². The number of aromatic hydroxyl groups is 1. The van der Waals surface area contributed by atoms with Crippen LogP contribution in [0.1, 0.15) is 23.2 Å². The van der Waals surface area contributed by atoms with Gasteiger partial charge in [0.2, 0.25) is 0 Å². The van der Waals surface area contributed by atoms with Crippen LogP contribution in [0.5, 0.6) is 5.75 Å². The van der Waals surface area contributed by atoms with Crippen molar-refractivity contribution in [2.45, 2.75) is 12.8 Å². The lowest BCUT2D eigenvalue weighted by molar-refractivity contribution is 0.0371. The van der Waals surface area contributed by atoms with Crippen molar-refractivity contribution in [1.29, 1.82) is 0 Å². The summed E-state index contributed by atoms with van der Waals surface area (Å²) in [4.78, 5) is 14.1. The standard InChI is InChI=1S/C14H18FNO3/c15-11-3-4-12(14(18)10-11)13(17)2-1-5-16-6-8-19-9-7-16/h3-4,10,18H,1-2,5-9H2. The summed E-state index contributed by atoms with van der Waals surface area (Å²) in [6.07, 6.45) is 1.09. The molecule has 0 aliphatic carbocycles. The Labute approximate surface area is 111 Å². The quantitative estimate of drug-likeness (QED) is 0.827. The zero-order chi connectivity index (χ0) is 13.7. The second-order valence-corrected chi connectivity index (χ2v) is 4.64. The maximum atomic E-state index is 12.8. The van der Waals surface area contributed by atoms with Crippen molar-refractivity contribution < 1.29 is 19.0 Å². The Morgan fingerprint density at radius 2 is 2.11 bits per heavy atom. The van der Waals surface area contributed by atoms with Gasteiger partial charge in [-0.1, -0.05) is 0 Å². The normalized spacial score (nSPS) is 16.5. The second-order valence-electron chi connectivity index (χ2n) is 4.64. The molecule has 1 aromatic rings. The number of ether oxygens (including phenoxy) is 1. The van der Waals surface area contributed by atoms with E-state index >= 15 is 0 Å². The highest BCUT2D eigenvalue weighted by molar-refractivity contribution is 5.98. The number of Topliss-reactive ketones (excluding diaryl/α,β-unsaturated/α-hetero) is 1. The van der Waals surface area contributed by atoms with Crippen LogP contribution in [0.15, 0.2) is 18.2 Å². The minimum absolute atomic E-state index is 0.147. The van der Waals surface area contributed by atoms with Gasteiger partial charge in [-0.05, 0) is 25.1 Å². The number of phenols is 1. The van der Waals surface area contributed by atoms with Gasteiger partial charge in [-0.2, -0.15) is 0 Å². The fourth-order valence-corrected chi connectivity index (χ4v) is 2.16. The van der Waals surface area contributed by atoms with Crippen LogP contribution in [0.25, 0.3) is 0 Å². The number of rotatable bonds is 5. The lowest BCUT2D eigenvalue weighted by atomic mass is 10.1. The largest absolute Gasteiger partial charge is 0.507 e. The third kappa shape index (κ3) is 4.01. The van der Waals surface area contributed by atoms with Crippen LogP contribution in [-0.2, 0) is 4.74 Å². The van der Waals surface area contributed by atoms with E-state index in [4.69, 9.17) is 4.74 Å². The van der Waals surface area contributed by atoms with E-state index in [1.807, 2.05) is 0 Å². The van der Waals surface area contributed by atoms with Crippen molar-refractivity contribution in [2.24, 2.45) is 0 Å². The Morgan fingerprint density at radius 3 is 2.79 bits per heavy atom. The SMILES string of the molecule is O=C(CCCN1CCOCC1)c1ccc(F)cc1O. The van der Waals surface area contributed by atoms with E-state index in [-0.39, 0.29) is 17.1 Å². The van der Waals surface area contributed by atoms with Gasteiger partial charge in [0.15, 0.2) is 5.78 Å². The first-order valence-corrected chi connectivity index (χ1v) is 6.48. The van der Waals surface area contributed by atoms with E-state index in [0.29, 0.717) is 6.42 Å². The second kappa shape index (κ2) is 6.63. The van der Waals surface area contributed by atoms with Crippen LogP contribution in [0.3, 0.4) is 0 Å². The number of hydrogen-bond donors (Lipinski definition) is 1. The number of benzene rings is 1. The van der Waals surface area contributed by atoms with Gasteiger partial charge in [-0.3, -0.25) is 9.69 Å². The van der Waals surface area contributed by atoms with Crippen molar-refractivity contribution in [1.82, 2.24) is 4.90 Å². The Kier molecular flexibility index (Phi) is 4.87. The summed E-state index contributed by atoms with van der Waals surface area (Å²) in [7, 11) is 0. The number of halogens is 1. The summed E-state index contributed by atoms with van der Waals surface area (Å²) in [6, 6.07) is 3.49. The molecule has 1 heterocycles. The first-order chi connectivity index (χ1) is 9.16.